The first-order chi connectivity index (χ1) is 41.8. The zero-order valence-electron chi connectivity index (χ0n) is 45.8. The summed E-state index contributed by atoms with van der Waals surface area (Å²) in [6.45, 7) is 0. The molecule has 0 radical (unpaired) electrons. The fourth-order valence-electron chi connectivity index (χ4n) is 12.6. The molecule has 392 valence electrons. The molecule has 0 bridgehead atoms. The largest absolute Gasteiger partial charge is 0.236 e. The highest BCUT2D eigenvalue weighted by molar-refractivity contribution is 6.23. The Balaban J connectivity index is 1.29. The van der Waals surface area contributed by atoms with Gasteiger partial charge in [0, 0.05) is 68.0 Å². The van der Waals surface area contributed by atoms with E-state index < -0.39 is 0 Å². The Bertz CT molecular complexity index is 4370. The molecule has 4 heteroatoms. The third-order valence-electron chi connectivity index (χ3n) is 16.2. The van der Waals surface area contributed by atoms with Crippen molar-refractivity contribution in [3.8, 4) is 157 Å². The highest BCUT2D eigenvalue weighted by Gasteiger charge is 2.39. The van der Waals surface area contributed by atoms with Crippen molar-refractivity contribution in [2.24, 2.45) is 0 Å². The molecule has 0 spiro atoms. The fourth-order valence-corrected chi connectivity index (χ4v) is 12.6. The van der Waals surface area contributed by atoms with E-state index in [2.05, 4.69) is 304 Å². The minimum Gasteiger partial charge on any atom is -0.236 e. The van der Waals surface area contributed by atoms with Crippen LogP contribution >= 0.6 is 0 Å². The summed E-state index contributed by atoms with van der Waals surface area (Å²) in [5.41, 5.74) is 25.9. The number of hydrogen-bond acceptors (Lipinski definition) is 4. The van der Waals surface area contributed by atoms with E-state index >= 15 is 0 Å². The highest BCUT2D eigenvalue weighted by atomic mass is 14.9. The Morgan fingerprint density at radius 1 is 0.155 bits per heavy atom. The molecule has 0 amide bonds. The van der Waals surface area contributed by atoms with Gasteiger partial charge in [0.05, 0.1) is 11.4 Å². The lowest BCUT2D eigenvalue weighted by Gasteiger charge is -2.34. The van der Waals surface area contributed by atoms with Crippen molar-refractivity contribution in [2.75, 3.05) is 0 Å². The number of rotatable bonds is 10. The number of benzene rings is 12. The Labute approximate surface area is 489 Å². The fraction of sp³-hybridized carbons (Fsp3) is 0. The van der Waals surface area contributed by atoms with Gasteiger partial charge in [-0.15, -0.1) is 0 Å². The Hall–Kier alpha value is -11.2. The van der Waals surface area contributed by atoms with Crippen LogP contribution in [0.25, 0.3) is 157 Å². The molecule has 14 aromatic rings. The summed E-state index contributed by atoms with van der Waals surface area (Å²) in [6.07, 6.45) is 4.22. The lowest BCUT2D eigenvalue weighted by atomic mass is 9.70. The van der Waals surface area contributed by atoms with Crippen LogP contribution in [-0.4, -0.2) is 19.9 Å². The van der Waals surface area contributed by atoms with Crippen LogP contribution in [0.5, 0.6) is 0 Å². The van der Waals surface area contributed by atoms with E-state index in [0.717, 1.165) is 145 Å². The smallest absolute Gasteiger partial charge is 0.159 e. The zero-order chi connectivity index (χ0) is 55.8. The van der Waals surface area contributed by atoms with E-state index in [4.69, 9.17) is 19.9 Å². The van der Waals surface area contributed by atoms with E-state index in [-0.39, 0.29) is 0 Å². The lowest BCUT2D eigenvalue weighted by molar-refractivity contribution is 1.16. The van der Waals surface area contributed by atoms with Crippen LogP contribution in [0, 0.1) is 0 Å². The Morgan fingerprint density at radius 2 is 0.321 bits per heavy atom. The topological polar surface area (TPSA) is 51.6 Å². The normalized spacial score (nSPS) is 11.3. The van der Waals surface area contributed by atoms with Gasteiger partial charge in [-0.3, -0.25) is 0 Å². The van der Waals surface area contributed by atoms with Gasteiger partial charge >= 0.3 is 0 Å². The molecule has 2 aromatic heterocycles. The number of fused-ring (bicyclic) bond motifs is 8. The monoisotopic (exact) mass is 1070 g/mol. The second-order valence-electron chi connectivity index (χ2n) is 21.1. The summed E-state index contributed by atoms with van der Waals surface area (Å²) in [5.74, 6) is 1.22. The number of nitrogens with zero attached hydrogens (tertiary/aromatic N) is 4. The molecule has 0 unspecified atom stereocenters. The molecular formula is C80H52N4. The van der Waals surface area contributed by atoms with Crippen molar-refractivity contribution in [3.05, 3.63) is 316 Å². The van der Waals surface area contributed by atoms with Crippen molar-refractivity contribution in [1.29, 1.82) is 0 Å². The van der Waals surface area contributed by atoms with Gasteiger partial charge in [-0.1, -0.05) is 303 Å². The predicted octanol–water partition coefficient (Wildman–Crippen LogP) is 20.9. The van der Waals surface area contributed by atoms with Gasteiger partial charge in [-0.25, -0.2) is 19.9 Å². The van der Waals surface area contributed by atoms with Crippen LogP contribution in [0.4, 0.5) is 0 Å². The van der Waals surface area contributed by atoms with Gasteiger partial charge in [-0.05, 0) is 77.9 Å². The van der Waals surface area contributed by atoms with E-state index in [1.165, 1.54) is 0 Å². The first-order valence-electron chi connectivity index (χ1n) is 28.5. The summed E-state index contributed by atoms with van der Waals surface area (Å²) in [7, 11) is 0. The maximum atomic E-state index is 6.09. The molecule has 0 fully saturated rings. The van der Waals surface area contributed by atoms with E-state index in [1.54, 1.807) is 0 Å². The molecular weight excluding hydrogens is 1020 g/mol. The molecule has 12 aromatic carbocycles. The van der Waals surface area contributed by atoms with Gasteiger partial charge in [0.15, 0.2) is 11.6 Å². The van der Waals surface area contributed by atoms with Crippen molar-refractivity contribution in [1.82, 2.24) is 19.9 Å². The van der Waals surface area contributed by atoms with E-state index in [0.29, 0.717) is 11.6 Å². The minimum absolute atomic E-state index is 0.612. The molecule has 15 rings (SSSR count). The van der Waals surface area contributed by atoms with Crippen LogP contribution in [-0.2, 0) is 0 Å². The van der Waals surface area contributed by atoms with Gasteiger partial charge in [0.25, 0.3) is 0 Å². The lowest BCUT2D eigenvalue weighted by Crippen LogP contribution is -2.11. The standard InChI is InChI=1S/C80H52N4/c1-11-31-53(32-12-1)65-67(55-35-15-3-16-36-55)71(59-43-23-7-24-44-59)75-73(69(65)57-39-19-5-20-40-57)63-51-81-79(61-47-27-9-28-48-61)83-77(63)76-72(60-45-25-8-26-46-60)68(56-37-17-4-18-38-56)66(54-33-13-2-14-34-54)70(58-41-21-6-22-42-58)74(76)64-52-82-80(84-78(64)75)62-49-29-10-30-50-62/h1-52H. The Kier molecular flexibility index (Phi) is 12.9. The SMILES string of the molecule is c1ccc(-c2ncc3c(n2)-c2c(-c4ccccc4)c(-c4ccccc4)c(-c4ccccc4)c(-c4ccccc4)c2-c2cnc(-c4ccccc4)nc2-c2c(-c4ccccc4)c(-c4ccccc4)c(-c4ccccc4)c(-c4ccccc4)c2-3)cc1. The quantitative estimate of drug-likeness (QED) is 0.137. The average molecular weight is 1070 g/mol. The van der Waals surface area contributed by atoms with Gasteiger partial charge in [-0.2, -0.15) is 0 Å². The third kappa shape index (κ3) is 8.73. The van der Waals surface area contributed by atoms with Gasteiger partial charge in [0.2, 0.25) is 0 Å². The summed E-state index contributed by atoms with van der Waals surface area (Å²) < 4.78 is 0. The van der Waals surface area contributed by atoms with E-state index in [1.807, 2.05) is 12.1 Å². The highest BCUT2D eigenvalue weighted by Crippen LogP contribution is 2.63. The molecule has 0 N–H and O–H groups in total. The average Bonchev–Trinajstić information content (AvgIpc) is 0.876. The summed E-state index contributed by atoms with van der Waals surface area (Å²) >= 11 is 0. The molecule has 2 heterocycles. The first kappa shape index (κ1) is 49.8. The summed E-state index contributed by atoms with van der Waals surface area (Å²) in [5, 5.41) is 0. The summed E-state index contributed by atoms with van der Waals surface area (Å²) in [6, 6.07) is 108. The molecule has 1 aliphatic rings. The van der Waals surface area contributed by atoms with Crippen LogP contribution in [0.3, 0.4) is 0 Å². The first-order valence-corrected chi connectivity index (χ1v) is 28.5. The Morgan fingerprint density at radius 3 is 0.524 bits per heavy atom. The molecule has 4 nitrogen and oxygen atoms in total. The second-order valence-corrected chi connectivity index (χ2v) is 21.1. The number of hydrogen-bond donors (Lipinski definition) is 0. The molecule has 0 saturated heterocycles. The van der Waals surface area contributed by atoms with Crippen molar-refractivity contribution < 1.29 is 0 Å². The molecule has 1 aliphatic carbocycles. The molecule has 0 atom stereocenters. The van der Waals surface area contributed by atoms with Gasteiger partial charge in [0.1, 0.15) is 0 Å². The van der Waals surface area contributed by atoms with Crippen LogP contribution < -0.4 is 0 Å². The van der Waals surface area contributed by atoms with Crippen molar-refractivity contribution >= 4 is 0 Å². The predicted molar refractivity (Wildman–Crippen MR) is 347 cm³/mol. The van der Waals surface area contributed by atoms with E-state index in [9.17, 15) is 0 Å². The summed E-state index contributed by atoms with van der Waals surface area (Å²) in [4.78, 5) is 23.2. The minimum atomic E-state index is 0.612. The van der Waals surface area contributed by atoms with Crippen molar-refractivity contribution in [3.63, 3.8) is 0 Å². The second kappa shape index (κ2) is 21.7. The molecule has 84 heavy (non-hydrogen) atoms. The maximum absolute atomic E-state index is 6.09. The van der Waals surface area contributed by atoms with Crippen LogP contribution in [0.1, 0.15) is 0 Å². The molecule has 0 aliphatic heterocycles. The zero-order valence-corrected chi connectivity index (χ0v) is 45.8. The van der Waals surface area contributed by atoms with Gasteiger partial charge < -0.3 is 0 Å². The molecule has 0 saturated carbocycles. The third-order valence-corrected chi connectivity index (χ3v) is 16.2. The van der Waals surface area contributed by atoms with Crippen molar-refractivity contribution in [2.45, 2.75) is 0 Å². The number of aromatic nitrogens is 4. The van der Waals surface area contributed by atoms with Crippen LogP contribution in [0.2, 0.25) is 0 Å². The van der Waals surface area contributed by atoms with Crippen LogP contribution in [0.15, 0.2) is 316 Å². The maximum Gasteiger partial charge on any atom is 0.159 e.